The molecule has 404 valence electrons. The summed E-state index contributed by atoms with van der Waals surface area (Å²) in [5, 5.41) is 4.74. The van der Waals surface area contributed by atoms with Crippen LogP contribution in [0.25, 0.3) is 43.9 Å². The molecule has 0 spiro atoms. The molecule has 8 heteroatoms. The highest BCUT2D eigenvalue weighted by Gasteiger charge is 2.35. The smallest absolute Gasteiger partial charge is 0.309 e. The number of rotatable bonds is 6. The maximum Gasteiger partial charge on any atom is 0.309 e. The number of benzene rings is 4. The van der Waals surface area contributed by atoms with E-state index in [0.717, 1.165) is 41.8 Å². The average Bonchev–Trinajstić information content (AvgIpc) is 3.48. The lowest BCUT2D eigenvalue weighted by molar-refractivity contribution is 0.551. The lowest BCUT2D eigenvalue weighted by Gasteiger charge is -2.30. The molecular formula is C65H100N2O4P2. The molecular weight excluding hydrogens is 935 g/mol. The molecule has 2 aromatic heterocycles. The van der Waals surface area contributed by atoms with E-state index in [1.54, 1.807) is 0 Å². The standard InChI is InChI=1S/C65H100N2O4P2/c1-38-42(58(5,6)7)34-46(62(17,18)19)54-50(38)51-39(2)43(59(8,9)10)35-47(63(20,21)22)55(51)69-72(68-54)66(29)32-31-33-67(30)73-70-56-48(64(23,24)25)36-44(60(11,12)13)40(3)52(56)53-41(4)45(61(14,15)16)37-49(57(53)71-73)65(26,27)28/h34-37H,31-33H2,1-30H3. The highest BCUT2D eigenvalue weighted by Crippen LogP contribution is 2.51. The van der Waals surface area contributed by atoms with Gasteiger partial charge in [0.15, 0.2) is 0 Å². The molecule has 0 fully saturated rings. The molecule has 6 aromatic rings. The van der Waals surface area contributed by atoms with Crippen molar-refractivity contribution in [2.45, 2.75) is 244 Å². The van der Waals surface area contributed by atoms with Crippen LogP contribution >= 0.6 is 16.3 Å². The van der Waals surface area contributed by atoms with Gasteiger partial charge in [-0.2, -0.15) is 0 Å². The van der Waals surface area contributed by atoms with E-state index < -0.39 is 16.3 Å². The number of nitrogens with zero attached hydrogens (tertiary/aromatic N) is 2. The zero-order chi connectivity index (χ0) is 55.6. The molecule has 0 N–H and O–H groups in total. The first-order valence-corrected chi connectivity index (χ1v) is 29.5. The van der Waals surface area contributed by atoms with E-state index in [0.29, 0.717) is 0 Å². The summed E-state index contributed by atoms with van der Waals surface area (Å²) in [5.74, 6) is 0. The fourth-order valence-corrected chi connectivity index (χ4v) is 13.9. The minimum Gasteiger partial charge on any atom is -0.407 e. The van der Waals surface area contributed by atoms with Gasteiger partial charge in [0.1, 0.15) is 22.3 Å². The molecule has 6 nitrogen and oxygen atoms in total. The van der Waals surface area contributed by atoms with Gasteiger partial charge in [0, 0.05) is 71.0 Å². The molecule has 0 aliphatic carbocycles. The van der Waals surface area contributed by atoms with Crippen molar-refractivity contribution in [3.8, 4) is 0 Å². The van der Waals surface area contributed by atoms with Crippen molar-refractivity contribution >= 4 is 60.2 Å². The lowest BCUT2D eigenvalue weighted by Crippen LogP contribution is -2.22. The third kappa shape index (κ3) is 11.5. The first-order chi connectivity index (χ1) is 32.8. The van der Waals surface area contributed by atoms with Crippen molar-refractivity contribution in [2.75, 3.05) is 36.5 Å². The van der Waals surface area contributed by atoms with Gasteiger partial charge >= 0.3 is 16.3 Å². The van der Waals surface area contributed by atoms with Crippen LogP contribution in [0.3, 0.4) is 0 Å². The second kappa shape index (κ2) is 19.3. The number of hydrogen-bond donors (Lipinski definition) is 0. The third-order valence-electron chi connectivity index (χ3n) is 15.3. The Balaban J connectivity index is 1.63. The largest absolute Gasteiger partial charge is 0.407 e. The average molecular weight is 1040 g/mol. The molecule has 0 aliphatic rings. The Morgan fingerprint density at radius 2 is 0.466 bits per heavy atom. The van der Waals surface area contributed by atoms with Crippen molar-refractivity contribution < 1.29 is 16.8 Å². The summed E-state index contributed by atoms with van der Waals surface area (Å²) in [6.45, 7) is 66.6. The van der Waals surface area contributed by atoms with E-state index in [9.17, 15) is 0 Å². The number of fused-ring (bicyclic) bond motifs is 6. The van der Waals surface area contributed by atoms with Crippen LogP contribution < -0.4 is 9.34 Å². The van der Waals surface area contributed by atoms with Crippen molar-refractivity contribution in [2.24, 2.45) is 0 Å². The summed E-state index contributed by atoms with van der Waals surface area (Å²) in [5.41, 5.74) is 18.1. The van der Waals surface area contributed by atoms with E-state index in [4.69, 9.17) is 16.8 Å². The molecule has 0 aliphatic heterocycles. The molecule has 4 aromatic carbocycles. The Kier molecular flexibility index (Phi) is 15.5. The van der Waals surface area contributed by atoms with Crippen LogP contribution in [0.2, 0.25) is 0 Å². The Labute approximate surface area is 446 Å². The minimum atomic E-state index is -1.59. The Morgan fingerprint density at radius 1 is 0.301 bits per heavy atom. The zero-order valence-corrected chi connectivity index (χ0v) is 53.6. The normalized spacial score (nSPS) is 14.0. The van der Waals surface area contributed by atoms with E-state index in [1.807, 2.05) is 0 Å². The van der Waals surface area contributed by atoms with Gasteiger partial charge < -0.3 is 16.8 Å². The second-order valence-electron chi connectivity index (χ2n) is 30.2. The fraction of sp³-hybridized carbons (Fsp3) is 0.631. The van der Waals surface area contributed by atoms with Crippen molar-refractivity contribution in [3.63, 3.8) is 0 Å². The monoisotopic (exact) mass is 1030 g/mol. The van der Waals surface area contributed by atoms with E-state index in [-0.39, 0.29) is 43.3 Å². The summed E-state index contributed by atoms with van der Waals surface area (Å²) in [6, 6.07) is 9.75. The van der Waals surface area contributed by atoms with Crippen LogP contribution in [0.15, 0.2) is 41.1 Å². The quantitative estimate of drug-likeness (QED) is 0.166. The SMILES string of the molecule is Cc1c(C(C)(C)C)cc(C(C)(C)C)c2op(N(C)CCCN(C)p3oc4c(C(C)(C)C)cc(C(C)(C)C)c(C)c4c4c(C)c(C(C)(C)C)cc(C(C)(C)C)c4o3)oc3c(C(C)(C)C)cc(C(C)(C)C)c(C)c3c12. The molecule has 0 radical (unpaired) electrons. The van der Waals surface area contributed by atoms with Crippen LogP contribution in [-0.4, -0.2) is 27.2 Å². The van der Waals surface area contributed by atoms with Crippen molar-refractivity contribution in [1.29, 1.82) is 0 Å². The van der Waals surface area contributed by atoms with Crippen LogP contribution in [0.5, 0.6) is 0 Å². The topological polar surface area (TPSA) is 59.0 Å². The molecule has 6 rings (SSSR count). The Hall–Kier alpha value is -3.40. The van der Waals surface area contributed by atoms with Crippen molar-refractivity contribution in [1.82, 2.24) is 0 Å². The van der Waals surface area contributed by atoms with Gasteiger partial charge in [0.2, 0.25) is 0 Å². The molecule has 0 saturated carbocycles. The number of hydrogen-bond acceptors (Lipinski definition) is 6. The number of aryl methyl sites for hydroxylation is 4. The maximum atomic E-state index is 7.51. The molecule has 0 saturated heterocycles. The molecule has 0 unspecified atom stereocenters. The van der Waals surface area contributed by atoms with E-state index in [1.165, 1.54) is 88.3 Å². The van der Waals surface area contributed by atoms with E-state index >= 15 is 0 Å². The summed E-state index contributed by atoms with van der Waals surface area (Å²) >= 11 is 0. The fourth-order valence-electron chi connectivity index (χ4n) is 11.3. The van der Waals surface area contributed by atoms with Crippen LogP contribution in [-0.2, 0) is 43.3 Å². The lowest BCUT2D eigenvalue weighted by atomic mass is 9.74. The zero-order valence-electron chi connectivity index (χ0n) is 51.9. The molecule has 0 amide bonds. The third-order valence-corrected chi connectivity index (χ3v) is 18.2. The van der Waals surface area contributed by atoms with Crippen LogP contribution in [0.4, 0.5) is 0 Å². The van der Waals surface area contributed by atoms with Crippen molar-refractivity contribution in [3.05, 3.63) is 91.0 Å². The minimum absolute atomic E-state index is 0.0795. The molecule has 0 atom stereocenters. The molecule has 0 bridgehead atoms. The van der Waals surface area contributed by atoms with Gasteiger partial charge in [-0.3, -0.25) is 0 Å². The first kappa shape index (κ1) is 58.9. The van der Waals surface area contributed by atoms with Gasteiger partial charge in [-0.05, 0) is 122 Å². The maximum absolute atomic E-state index is 7.51. The molecule has 2 heterocycles. The predicted molar refractivity (Wildman–Crippen MR) is 324 cm³/mol. The highest BCUT2D eigenvalue weighted by molar-refractivity contribution is 7.39. The predicted octanol–water partition coefficient (Wildman–Crippen LogP) is 20.7. The summed E-state index contributed by atoms with van der Waals surface area (Å²) < 4.78 is 34.7. The molecule has 73 heavy (non-hydrogen) atoms. The van der Waals surface area contributed by atoms with Gasteiger partial charge in [-0.25, -0.2) is 9.34 Å². The summed E-state index contributed by atoms with van der Waals surface area (Å²) in [6.07, 6.45) is 0.841. The van der Waals surface area contributed by atoms with Gasteiger partial charge in [0.05, 0.1) is 0 Å². The van der Waals surface area contributed by atoms with Gasteiger partial charge in [-0.15, -0.1) is 0 Å². The van der Waals surface area contributed by atoms with Gasteiger partial charge in [-0.1, -0.05) is 190 Å². The van der Waals surface area contributed by atoms with Crippen LogP contribution in [0.1, 0.15) is 239 Å². The Morgan fingerprint density at radius 3 is 0.616 bits per heavy atom. The first-order valence-electron chi connectivity index (χ1n) is 27.3. The summed E-state index contributed by atoms with van der Waals surface area (Å²) in [7, 11) is 1.19. The Bertz CT molecular complexity index is 2770. The second-order valence-corrected chi connectivity index (χ2v) is 33.2. The summed E-state index contributed by atoms with van der Waals surface area (Å²) in [4.78, 5) is 0. The van der Waals surface area contributed by atoms with Crippen LogP contribution in [0, 0.1) is 27.7 Å². The van der Waals surface area contributed by atoms with Gasteiger partial charge in [0.25, 0.3) is 0 Å². The van der Waals surface area contributed by atoms with E-state index in [2.05, 4.69) is 242 Å². The highest BCUT2D eigenvalue weighted by atomic mass is 31.1.